The van der Waals surface area contributed by atoms with Crippen molar-refractivity contribution in [1.29, 1.82) is 0 Å². The van der Waals surface area contributed by atoms with Gasteiger partial charge in [0.15, 0.2) is 0 Å². The lowest BCUT2D eigenvalue weighted by Crippen LogP contribution is -2.41. The molecule has 3 nitrogen and oxygen atoms in total. The van der Waals surface area contributed by atoms with Gasteiger partial charge >= 0.3 is 0 Å². The summed E-state index contributed by atoms with van der Waals surface area (Å²) < 4.78 is 5.34. The van der Waals surface area contributed by atoms with Crippen molar-refractivity contribution < 1.29 is 9.53 Å². The topological polar surface area (TPSA) is 38.3 Å². The van der Waals surface area contributed by atoms with Crippen molar-refractivity contribution in [3.63, 3.8) is 0 Å². The first-order valence-electron chi connectivity index (χ1n) is 6.21. The molecule has 1 unspecified atom stereocenters. The molecule has 1 heterocycles. The minimum Gasteiger partial charge on any atom is -0.379 e. The summed E-state index contributed by atoms with van der Waals surface area (Å²) in [7, 11) is 0. The summed E-state index contributed by atoms with van der Waals surface area (Å²) in [5.41, 5.74) is 0. The van der Waals surface area contributed by atoms with Gasteiger partial charge in [-0.05, 0) is 31.6 Å². The first kappa shape index (κ1) is 10.9. The summed E-state index contributed by atoms with van der Waals surface area (Å²) in [6.45, 7) is 1.56. The van der Waals surface area contributed by atoms with Gasteiger partial charge in [0.2, 0.25) is 5.91 Å². The van der Waals surface area contributed by atoms with Crippen LogP contribution in [0.5, 0.6) is 0 Å². The lowest BCUT2D eigenvalue weighted by atomic mass is 10.0. The maximum atomic E-state index is 11.7. The van der Waals surface area contributed by atoms with Crippen molar-refractivity contribution in [2.75, 3.05) is 13.2 Å². The fourth-order valence-corrected chi connectivity index (χ4v) is 2.62. The highest BCUT2D eigenvalue weighted by Crippen LogP contribution is 2.27. The maximum absolute atomic E-state index is 11.7. The Balaban J connectivity index is 1.66. The fraction of sp³-hybridized carbons (Fsp3) is 0.917. The summed E-state index contributed by atoms with van der Waals surface area (Å²) in [4.78, 5) is 11.7. The second-order valence-electron chi connectivity index (χ2n) is 4.84. The van der Waals surface area contributed by atoms with Crippen molar-refractivity contribution in [2.45, 2.75) is 51.0 Å². The lowest BCUT2D eigenvalue weighted by molar-refractivity contribution is -0.123. The van der Waals surface area contributed by atoms with Crippen molar-refractivity contribution in [3.8, 4) is 0 Å². The Kier molecular flexibility index (Phi) is 4.01. The van der Waals surface area contributed by atoms with Crippen molar-refractivity contribution in [2.24, 2.45) is 5.92 Å². The van der Waals surface area contributed by atoms with Crippen molar-refractivity contribution >= 4 is 5.91 Å². The van der Waals surface area contributed by atoms with Crippen LogP contribution in [-0.2, 0) is 9.53 Å². The van der Waals surface area contributed by atoms with Crippen LogP contribution >= 0.6 is 0 Å². The van der Waals surface area contributed by atoms with Crippen LogP contribution in [0, 0.1) is 5.92 Å². The molecule has 0 spiro atoms. The Morgan fingerprint density at radius 1 is 1.20 bits per heavy atom. The molecular formula is C12H21NO2. The average molecular weight is 211 g/mol. The highest BCUT2D eigenvalue weighted by Gasteiger charge is 2.21. The number of ether oxygens (including phenoxy) is 1. The van der Waals surface area contributed by atoms with Gasteiger partial charge in [0.1, 0.15) is 0 Å². The van der Waals surface area contributed by atoms with E-state index in [1.54, 1.807) is 0 Å². The first-order chi connectivity index (χ1) is 7.34. The Hall–Kier alpha value is -0.570. The molecule has 3 heteroatoms. The van der Waals surface area contributed by atoms with Crippen LogP contribution in [0.3, 0.4) is 0 Å². The maximum Gasteiger partial charge on any atom is 0.220 e. The molecule has 1 amide bonds. The summed E-state index contributed by atoms with van der Waals surface area (Å²) in [5.74, 6) is 0.881. The normalized spacial score (nSPS) is 27.9. The molecule has 2 fully saturated rings. The van der Waals surface area contributed by atoms with E-state index in [0.717, 1.165) is 25.9 Å². The van der Waals surface area contributed by atoms with E-state index in [2.05, 4.69) is 5.32 Å². The number of carbonyl (C=O) groups is 1. The van der Waals surface area contributed by atoms with Gasteiger partial charge in [0, 0.05) is 13.0 Å². The third-order valence-electron chi connectivity index (χ3n) is 3.47. The first-order valence-corrected chi connectivity index (χ1v) is 6.21. The number of nitrogens with one attached hydrogen (secondary N) is 1. The number of hydrogen-bond acceptors (Lipinski definition) is 2. The average Bonchev–Trinajstić information content (AvgIpc) is 2.71. The molecule has 1 aliphatic carbocycles. The second kappa shape index (κ2) is 5.50. The van der Waals surface area contributed by atoms with Gasteiger partial charge in [-0.1, -0.05) is 12.8 Å². The Labute approximate surface area is 91.6 Å². The third-order valence-corrected chi connectivity index (χ3v) is 3.47. The van der Waals surface area contributed by atoms with Gasteiger partial charge in [0.25, 0.3) is 0 Å². The zero-order valence-corrected chi connectivity index (χ0v) is 9.34. The molecule has 1 atom stereocenters. The van der Waals surface area contributed by atoms with Gasteiger partial charge in [-0.2, -0.15) is 0 Å². The van der Waals surface area contributed by atoms with E-state index >= 15 is 0 Å². The van der Waals surface area contributed by atoms with Crippen LogP contribution in [-0.4, -0.2) is 25.2 Å². The van der Waals surface area contributed by atoms with Crippen LogP contribution in [0.25, 0.3) is 0 Å². The molecule has 1 N–H and O–H groups in total. The van der Waals surface area contributed by atoms with Crippen LogP contribution < -0.4 is 5.32 Å². The van der Waals surface area contributed by atoms with Gasteiger partial charge < -0.3 is 10.1 Å². The lowest BCUT2D eigenvalue weighted by Gasteiger charge is -2.23. The second-order valence-corrected chi connectivity index (χ2v) is 4.84. The van der Waals surface area contributed by atoms with Crippen molar-refractivity contribution in [3.05, 3.63) is 0 Å². The van der Waals surface area contributed by atoms with Crippen LogP contribution in [0.15, 0.2) is 0 Å². The molecule has 0 aromatic heterocycles. The quantitative estimate of drug-likeness (QED) is 0.774. The van der Waals surface area contributed by atoms with Gasteiger partial charge in [-0.25, -0.2) is 0 Å². The zero-order chi connectivity index (χ0) is 10.5. The monoisotopic (exact) mass is 211 g/mol. The molecule has 0 radical (unpaired) electrons. The zero-order valence-electron chi connectivity index (χ0n) is 9.34. The van der Waals surface area contributed by atoms with Crippen LogP contribution in [0.4, 0.5) is 0 Å². The van der Waals surface area contributed by atoms with E-state index in [1.807, 2.05) is 0 Å². The molecule has 2 aliphatic rings. The molecule has 0 bridgehead atoms. The highest BCUT2D eigenvalue weighted by molar-refractivity contribution is 5.76. The van der Waals surface area contributed by atoms with E-state index < -0.39 is 0 Å². The van der Waals surface area contributed by atoms with Crippen molar-refractivity contribution in [1.82, 2.24) is 5.32 Å². The Morgan fingerprint density at radius 3 is 2.67 bits per heavy atom. The molecular weight excluding hydrogens is 190 g/mol. The highest BCUT2D eigenvalue weighted by atomic mass is 16.5. The molecule has 15 heavy (non-hydrogen) atoms. The SMILES string of the molecule is O=C(CC1CCCC1)NC1CCCOC1. The summed E-state index contributed by atoms with van der Waals surface area (Å²) >= 11 is 0. The third kappa shape index (κ3) is 3.49. The predicted molar refractivity (Wildman–Crippen MR) is 58.6 cm³/mol. The Bertz CT molecular complexity index is 206. The molecule has 2 rings (SSSR count). The van der Waals surface area contributed by atoms with Crippen LogP contribution in [0.2, 0.25) is 0 Å². The smallest absolute Gasteiger partial charge is 0.220 e. The molecule has 1 saturated heterocycles. The van der Waals surface area contributed by atoms with Crippen LogP contribution in [0.1, 0.15) is 44.9 Å². The van der Waals surface area contributed by atoms with E-state index in [1.165, 1.54) is 25.7 Å². The minimum absolute atomic E-state index is 0.234. The summed E-state index contributed by atoms with van der Waals surface area (Å²) in [6, 6.07) is 0.271. The molecule has 0 aromatic carbocycles. The number of carbonyl (C=O) groups excluding carboxylic acids is 1. The van der Waals surface area contributed by atoms with E-state index in [4.69, 9.17) is 4.74 Å². The Morgan fingerprint density at radius 2 is 2.00 bits per heavy atom. The number of hydrogen-bond donors (Lipinski definition) is 1. The standard InChI is InChI=1S/C12H21NO2/c14-12(8-10-4-1-2-5-10)13-11-6-3-7-15-9-11/h10-11H,1-9H2,(H,13,14). The molecule has 1 aliphatic heterocycles. The molecule has 0 aromatic rings. The fourth-order valence-electron chi connectivity index (χ4n) is 2.62. The number of rotatable bonds is 3. The van der Waals surface area contributed by atoms with Gasteiger partial charge in [-0.15, -0.1) is 0 Å². The van der Waals surface area contributed by atoms with E-state index in [-0.39, 0.29) is 11.9 Å². The van der Waals surface area contributed by atoms with Gasteiger partial charge in [0.05, 0.1) is 12.6 Å². The molecule has 1 saturated carbocycles. The predicted octanol–water partition coefficient (Wildman–Crippen LogP) is 1.86. The summed E-state index contributed by atoms with van der Waals surface area (Å²) in [5, 5.41) is 3.08. The summed E-state index contributed by atoms with van der Waals surface area (Å²) in [6.07, 6.45) is 8.00. The van der Waals surface area contributed by atoms with E-state index in [0.29, 0.717) is 12.5 Å². The number of amides is 1. The largest absolute Gasteiger partial charge is 0.379 e. The van der Waals surface area contributed by atoms with E-state index in [9.17, 15) is 4.79 Å². The van der Waals surface area contributed by atoms with Gasteiger partial charge in [-0.3, -0.25) is 4.79 Å². The molecule has 86 valence electrons. The minimum atomic E-state index is 0.234.